The summed E-state index contributed by atoms with van der Waals surface area (Å²) in [6.07, 6.45) is 0. The van der Waals surface area contributed by atoms with Gasteiger partial charge in [0.15, 0.2) is 11.0 Å². The number of nitrogens with one attached hydrogen (secondary N) is 1. The van der Waals surface area contributed by atoms with Crippen LogP contribution < -0.4 is 10.1 Å². The smallest absolute Gasteiger partial charge is 0.337 e. The van der Waals surface area contributed by atoms with Crippen molar-refractivity contribution in [2.75, 3.05) is 18.2 Å². The molecule has 0 atom stereocenters. The molecule has 0 aliphatic carbocycles. The van der Waals surface area contributed by atoms with Gasteiger partial charge in [0, 0.05) is 12.7 Å². The molecule has 0 aliphatic rings. The van der Waals surface area contributed by atoms with E-state index in [1.165, 1.54) is 24.4 Å². The topological polar surface area (TPSA) is 95.3 Å². The van der Waals surface area contributed by atoms with Crippen LogP contribution in [0.3, 0.4) is 0 Å². The number of carbonyl (C=O) groups is 2. The lowest BCUT2D eigenvalue weighted by Crippen LogP contribution is -2.15. The molecule has 1 N–H and O–H groups in total. The van der Waals surface area contributed by atoms with Crippen molar-refractivity contribution >= 4 is 29.3 Å². The van der Waals surface area contributed by atoms with E-state index in [9.17, 15) is 9.59 Å². The number of ether oxygens (including phenoxy) is 2. The Morgan fingerprint density at radius 1 is 1.13 bits per heavy atom. The van der Waals surface area contributed by atoms with E-state index >= 15 is 0 Å². The third-order valence-corrected chi connectivity index (χ3v) is 5.53. The lowest BCUT2D eigenvalue weighted by molar-refractivity contribution is -0.113. The zero-order chi connectivity index (χ0) is 22.4. The minimum absolute atomic E-state index is 0.145. The highest BCUT2D eigenvalue weighted by atomic mass is 32.2. The summed E-state index contributed by atoms with van der Waals surface area (Å²) in [6.45, 7) is 4.31. The van der Waals surface area contributed by atoms with Crippen molar-refractivity contribution in [3.63, 3.8) is 0 Å². The summed E-state index contributed by atoms with van der Waals surface area (Å²) in [5, 5.41) is 11.7. The summed E-state index contributed by atoms with van der Waals surface area (Å²) in [6, 6.07) is 12.6. The Hall–Kier alpha value is -3.33. The number of hydrogen-bond acceptors (Lipinski definition) is 7. The molecular weight excluding hydrogens is 416 g/mol. The van der Waals surface area contributed by atoms with Gasteiger partial charge in [-0.2, -0.15) is 0 Å². The van der Waals surface area contributed by atoms with Gasteiger partial charge in [0.1, 0.15) is 12.4 Å². The molecule has 2 aromatic carbocycles. The fourth-order valence-corrected chi connectivity index (χ4v) is 3.60. The number of anilines is 1. The van der Waals surface area contributed by atoms with Crippen LogP contribution in [0, 0.1) is 13.8 Å². The molecule has 3 aromatic rings. The van der Waals surface area contributed by atoms with Crippen molar-refractivity contribution < 1.29 is 19.1 Å². The largest absolute Gasteiger partial charge is 0.485 e. The molecule has 0 aliphatic heterocycles. The minimum atomic E-state index is -0.458. The summed E-state index contributed by atoms with van der Waals surface area (Å²) >= 11 is 1.27. The van der Waals surface area contributed by atoms with Gasteiger partial charge in [-0.15, -0.1) is 10.2 Å². The second kappa shape index (κ2) is 10.1. The van der Waals surface area contributed by atoms with Crippen molar-refractivity contribution in [3.05, 3.63) is 65.0 Å². The first-order valence-corrected chi connectivity index (χ1v) is 10.5. The Labute approximate surface area is 185 Å². The molecule has 9 heteroatoms. The fraction of sp³-hybridized carbons (Fsp3) is 0.273. The molecule has 0 saturated carbocycles. The zero-order valence-electron chi connectivity index (χ0n) is 17.8. The average Bonchev–Trinajstić information content (AvgIpc) is 3.10. The number of methoxy groups -OCH3 is 1. The minimum Gasteiger partial charge on any atom is -0.485 e. The molecule has 1 heterocycles. The molecule has 0 unspecified atom stereocenters. The number of hydrogen-bond donors (Lipinski definition) is 1. The maximum atomic E-state index is 12.3. The van der Waals surface area contributed by atoms with Crippen LogP contribution in [0.5, 0.6) is 5.75 Å². The summed E-state index contributed by atoms with van der Waals surface area (Å²) in [7, 11) is 3.15. The number of esters is 1. The summed E-state index contributed by atoms with van der Waals surface area (Å²) < 4.78 is 12.4. The van der Waals surface area contributed by atoms with Crippen LogP contribution >= 0.6 is 11.8 Å². The van der Waals surface area contributed by atoms with Crippen LogP contribution in [0.25, 0.3) is 0 Å². The Bertz CT molecular complexity index is 1100. The number of amides is 1. The van der Waals surface area contributed by atoms with Crippen LogP contribution in [0.2, 0.25) is 0 Å². The number of benzene rings is 2. The van der Waals surface area contributed by atoms with E-state index < -0.39 is 5.97 Å². The van der Waals surface area contributed by atoms with Crippen LogP contribution in [0.15, 0.2) is 47.6 Å². The van der Waals surface area contributed by atoms with E-state index in [-0.39, 0.29) is 18.3 Å². The molecule has 0 saturated heterocycles. The van der Waals surface area contributed by atoms with Crippen LogP contribution in [0.1, 0.15) is 27.3 Å². The number of nitrogens with zero attached hydrogens (tertiary/aromatic N) is 3. The van der Waals surface area contributed by atoms with Gasteiger partial charge in [-0.1, -0.05) is 35.5 Å². The van der Waals surface area contributed by atoms with Crippen LogP contribution in [-0.2, 0) is 23.2 Å². The molecule has 31 heavy (non-hydrogen) atoms. The number of carbonyl (C=O) groups excluding carboxylic acids is 2. The van der Waals surface area contributed by atoms with Crippen LogP contribution in [-0.4, -0.2) is 39.5 Å². The van der Waals surface area contributed by atoms with Gasteiger partial charge >= 0.3 is 5.97 Å². The monoisotopic (exact) mass is 440 g/mol. The normalized spacial score (nSPS) is 10.6. The third-order valence-electron chi connectivity index (χ3n) is 4.51. The highest BCUT2D eigenvalue weighted by molar-refractivity contribution is 7.99. The average molecular weight is 441 g/mol. The van der Waals surface area contributed by atoms with E-state index in [2.05, 4.69) is 21.6 Å². The van der Waals surface area contributed by atoms with E-state index in [0.29, 0.717) is 22.2 Å². The number of thioether (sulfide) groups is 1. The summed E-state index contributed by atoms with van der Waals surface area (Å²) in [5.74, 6) is 0.931. The first-order valence-electron chi connectivity index (χ1n) is 9.56. The molecule has 0 spiro atoms. The second-order valence-corrected chi connectivity index (χ2v) is 7.87. The van der Waals surface area contributed by atoms with E-state index in [1.807, 2.05) is 33.0 Å². The van der Waals surface area contributed by atoms with Crippen molar-refractivity contribution in [3.8, 4) is 5.75 Å². The number of aromatic nitrogens is 3. The maximum absolute atomic E-state index is 12.3. The maximum Gasteiger partial charge on any atom is 0.337 e. The summed E-state index contributed by atoms with van der Waals surface area (Å²) in [5.41, 5.74) is 3.13. The first kappa shape index (κ1) is 22.4. The van der Waals surface area contributed by atoms with E-state index in [4.69, 9.17) is 9.47 Å². The predicted molar refractivity (Wildman–Crippen MR) is 118 cm³/mol. The number of aryl methyl sites for hydroxylation is 2. The molecule has 1 aromatic heterocycles. The van der Waals surface area contributed by atoms with Crippen molar-refractivity contribution in [1.29, 1.82) is 0 Å². The third kappa shape index (κ3) is 5.85. The zero-order valence-corrected chi connectivity index (χ0v) is 18.7. The molecular formula is C22H24N4O4S. The number of rotatable bonds is 8. The lowest BCUT2D eigenvalue weighted by atomic mass is 10.1. The molecule has 0 fully saturated rings. The van der Waals surface area contributed by atoms with Gasteiger partial charge in [-0.3, -0.25) is 4.79 Å². The Balaban J connectivity index is 1.54. The van der Waals surface area contributed by atoms with Gasteiger partial charge in [0.05, 0.1) is 18.4 Å². The SMILES string of the molecule is COC(=O)c1cccc(NC(=O)CSc2nnc(COc3ccc(C)cc3C)n2C)c1. The van der Waals surface area contributed by atoms with Gasteiger partial charge in [-0.05, 0) is 43.7 Å². The van der Waals surface area contributed by atoms with Gasteiger partial charge in [0.2, 0.25) is 5.91 Å². The standard InChI is InChI=1S/C22H24N4O4S/c1-14-8-9-18(15(2)10-14)30-12-19-24-25-22(26(19)3)31-13-20(27)23-17-7-5-6-16(11-17)21(28)29-4/h5-11H,12-13H2,1-4H3,(H,23,27). The van der Waals surface area contributed by atoms with Crippen molar-refractivity contribution in [1.82, 2.24) is 14.8 Å². The molecule has 0 radical (unpaired) electrons. The van der Waals surface area contributed by atoms with E-state index in [0.717, 1.165) is 11.3 Å². The first-order chi connectivity index (χ1) is 14.9. The van der Waals surface area contributed by atoms with Crippen LogP contribution in [0.4, 0.5) is 5.69 Å². The summed E-state index contributed by atoms with van der Waals surface area (Å²) in [4.78, 5) is 23.9. The Morgan fingerprint density at radius 2 is 1.94 bits per heavy atom. The van der Waals surface area contributed by atoms with Gasteiger partial charge in [0.25, 0.3) is 0 Å². The van der Waals surface area contributed by atoms with Crippen molar-refractivity contribution in [2.24, 2.45) is 7.05 Å². The van der Waals surface area contributed by atoms with Gasteiger partial charge in [-0.25, -0.2) is 4.79 Å². The predicted octanol–water partition coefficient (Wildman–Crippen LogP) is 3.53. The van der Waals surface area contributed by atoms with Crippen molar-refractivity contribution in [2.45, 2.75) is 25.6 Å². The molecule has 3 rings (SSSR count). The Morgan fingerprint density at radius 3 is 2.68 bits per heavy atom. The molecule has 162 valence electrons. The highest BCUT2D eigenvalue weighted by Gasteiger charge is 2.13. The molecule has 0 bridgehead atoms. The Kier molecular flexibility index (Phi) is 7.30. The fourth-order valence-electron chi connectivity index (χ4n) is 2.87. The van der Waals surface area contributed by atoms with Gasteiger partial charge < -0.3 is 19.4 Å². The molecule has 8 nitrogen and oxygen atoms in total. The molecule has 1 amide bonds. The highest BCUT2D eigenvalue weighted by Crippen LogP contribution is 2.21. The quantitative estimate of drug-likeness (QED) is 0.423. The van der Waals surface area contributed by atoms with E-state index in [1.54, 1.807) is 28.8 Å². The second-order valence-electron chi connectivity index (χ2n) is 6.92. The lowest BCUT2D eigenvalue weighted by Gasteiger charge is -2.10.